The van der Waals surface area contributed by atoms with Crippen LogP contribution in [0.1, 0.15) is 36.2 Å². The van der Waals surface area contributed by atoms with Crippen LogP contribution in [0.5, 0.6) is 5.75 Å². The third-order valence-electron chi connectivity index (χ3n) is 5.21. The molecule has 0 fully saturated rings. The molecule has 1 aliphatic heterocycles. The molecule has 9 nitrogen and oxygen atoms in total. The normalized spacial score (nSPS) is 14.2. The number of amides is 1. The zero-order chi connectivity index (χ0) is 23.3. The molecule has 0 unspecified atom stereocenters. The van der Waals surface area contributed by atoms with Gasteiger partial charge in [-0.25, -0.2) is 13.1 Å². The van der Waals surface area contributed by atoms with Crippen molar-refractivity contribution in [3.63, 3.8) is 0 Å². The maximum absolute atomic E-state index is 12.6. The zero-order valence-electron chi connectivity index (χ0n) is 18.2. The Balaban J connectivity index is 1.41. The predicted molar refractivity (Wildman–Crippen MR) is 126 cm³/mol. The molecule has 0 saturated carbocycles. The van der Waals surface area contributed by atoms with E-state index >= 15 is 0 Å². The van der Waals surface area contributed by atoms with Crippen LogP contribution in [0.4, 0.5) is 5.69 Å². The highest BCUT2D eigenvalue weighted by atomic mass is 32.2. The molecule has 1 amide bonds. The maximum Gasteiger partial charge on any atom is 0.276 e. The Hall–Kier alpha value is -3.66. The average Bonchev–Trinajstić information content (AvgIpc) is 3.19. The van der Waals surface area contributed by atoms with Gasteiger partial charge in [0.05, 0.1) is 17.7 Å². The maximum atomic E-state index is 12.6. The van der Waals surface area contributed by atoms with Crippen molar-refractivity contribution in [3.05, 3.63) is 66.5 Å². The largest absolute Gasteiger partial charge is 0.497 e. The van der Waals surface area contributed by atoms with Gasteiger partial charge in [0, 0.05) is 24.8 Å². The lowest BCUT2D eigenvalue weighted by Crippen LogP contribution is -2.30. The molecule has 1 aromatic heterocycles. The number of aromatic nitrogens is 2. The number of rotatable bonds is 6. The molecule has 2 N–H and O–H groups in total. The van der Waals surface area contributed by atoms with Crippen molar-refractivity contribution in [2.75, 3.05) is 19.0 Å². The lowest BCUT2D eigenvalue weighted by Gasteiger charge is -2.10. The highest BCUT2D eigenvalue weighted by molar-refractivity contribution is 7.90. The van der Waals surface area contributed by atoms with Crippen molar-refractivity contribution < 1.29 is 17.9 Å². The molecular formula is C23H25N5O4S. The van der Waals surface area contributed by atoms with Crippen LogP contribution in [0.15, 0.2) is 70.7 Å². The number of carbonyl (C=O) groups is 1. The molecule has 3 aromatic rings. The summed E-state index contributed by atoms with van der Waals surface area (Å²) in [5, 5.41) is 7.04. The van der Waals surface area contributed by atoms with Gasteiger partial charge in [0.15, 0.2) is 5.69 Å². The quantitative estimate of drug-likeness (QED) is 0.577. The van der Waals surface area contributed by atoms with E-state index in [1.165, 1.54) is 12.1 Å². The van der Waals surface area contributed by atoms with Crippen LogP contribution in [0.2, 0.25) is 0 Å². The fourth-order valence-electron chi connectivity index (χ4n) is 3.41. The molecule has 0 saturated heterocycles. The average molecular weight is 468 g/mol. The van der Waals surface area contributed by atoms with Gasteiger partial charge in [-0.1, -0.05) is 6.42 Å². The second kappa shape index (κ2) is 9.86. The number of sulfonamides is 1. The van der Waals surface area contributed by atoms with Crippen molar-refractivity contribution in [3.8, 4) is 11.4 Å². The number of nitrogens with one attached hydrogen (secondary N) is 2. The number of hydrogen-bond acceptors (Lipinski definition) is 6. The van der Waals surface area contributed by atoms with Gasteiger partial charge in [0.2, 0.25) is 0 Å². The molecule has 4 rings (SSSR count). The summed E-state index contributed by atoms with van der Waals surface area (Å²) < 4.78 is 34.6. The van der Waals surface area contributed by atoms with E-state index < -0.39 is 15.9 Å². The molecule has 0 aliphatic carbocycles. The van der Waals surface area contributed by atoms with Gasteiger partial charge in [0.25, 0.3) is 15.9 Å². The number of nitrogens with zero attached hydrogens (tertiary/aromatic N) is 3. The van der Waals surface area contributed by atoms with Crippen LogP contribution >= 0.6 is 0 Å². The van der Waals surface area contributed by atoms with E-state index in [1.807, 2.05) is 24.3 Å². The minimum absolute atomic E-state index is 0.108. The van der Waals surface area contributed by atoms with Crippen molar-refractivity contribution in [2.45, 2.75) is 30.6 Å². The third-order valence-corrected chi connectivity index (χ3v) is 6.60. The molecule has 33 heavy (non-hydrogen) atoms. The smallest absolute Gasteiger partial charge is 0.276 e. The van der Waals surface area contributed by atoms with Gasteiger partial charge >= 0.3 is 0 Å². The Kier molecular flexibility index (Phi) is 6.74. The molecule has 0 radical (unpaired) electrons. The first-order valence-corrected chi connectivity index (χ1v) is 12.1. The molecule has 0 atom stereocenters. The first-order chi connectivity index (χ1) is 15.9. The number of benzene rings is 2. The van der Waals surface area contributed by atoms with Gasteiger partial charge in [-0.15, -0.1) is 0 Å². The number of amidine groups is 1. The summed E-state index contributed by atoms with van der Waals surface area (Å²) in [5.74, 6) is 0.827. The second-order valence-corrected chi connectivity index (χ2v) is 9.25. The van der Waals surface area contributed by atoms with Crippen LogP contribution < -0.4 is 14.8 Å². The minimum Gasteiger partial charge on any atom is -0.497 e. The second-order valence-electron chi connectivity index (χ2n) is 7.57. The van der Waals surface area contributed by atoms with Crippen LogP contribution in [0.3, 0.4) is 0 Å². The molecule has 2 aromatic carbocycles. The van der Waals surface area contributed by atoms with Crippen LogP contribution in [-0.2, 0) is 10.0 Å². The number of anilines is 1. The molecule has 1 aliphatic rings. The van der Waals surface area contributed by atoms with Crippen molar-refractivity contribution in [1.82, 2.24) is 14.5 Å². The van der Waals surface area contributed by atoms with E-state index in [4.69, 9.17) is 4.74 Å². The van der Waals surface area contributed by atoms with Crippen LogP contribution in [0, 0.1) is 0 Å². The summed E-state index contributed by atoms with van der Waals surface area (Å²) in [6.07, 6.45) is 5.24. The minimum atomic E-state index is -3.72. The van der Waals surface area contributed by atoms with Crippen LogP contribution in [-0.4, -0.2) is 43.6 Å². The fraction of sp³-hybridized carbons (Fsp3) is 0.261. The van der Waals surface area contributed by atoms with Gasteiger partial charge in [-0.2, -0.15) is 5.10 Å². The van der Waals surface area contributed by atoms with Gasteiger partial charge in [-0.3, -0.25) is 14.5 Å². The zero-order valence-corrected chi connectivity index (χ0v) is 19.0. The van der Waals surface area contributed by atoms with Gasteiger partial charge < -0.3 is 10.1 Å². The monoisotopic (exact) mass is 467 g/mol. The number of aliphatic imine (C=N–C) groups is 1. The first kappa shape index (κ1) is 22.5. The topological polar surface area (TPSA) is 115 Å². The summed E-state index contributed by atoms with van der Waals surface area (Å²) in [5.41, 5.74) is 1.48. The Bertz CT molecular complexity index is 1250. The van der Waals surface area contributed by atoms with Gasteiger partial charge in [-0.05, 0) is 67.4 Å². The summed E-state index contributed by atoms with van der Waals surface area (Å²) >= 11 is 0. The molecule has 0 bridgehead atoms. The SMILES string of the molecule is COc1ccc(-n2ccc(C(=O)Nc3ccc(S(=O)(=O)NC4=NCCCCC4)cc3)n2)cc1. The van der Waals surface area contributed by atoms with E-state index in [0.717, 1.165) is 30.7 Å². The van der Waals surface area contributed by atoms with Crippen molar-refractivity contribution >= 4 is 27.5 Å². The third kappa shape index (κ3) is 5.58. The number of methoxy groups -OCH3 is 1. The standard InChI is InChI=1S/C23H25N5O4S/c1-32-19-10-8-18(9-11-19)28-16-14-21(26-28)23(29)25-17-6-12-20(13-7-17)33(30,31)27-22-5-3-2-4-15-24-22/h6-14,16H,2-5,15H2,1H3,(H,24,27)(H,25,29). The number of hydrogen-bond donors (Lipinski definition) is 2. The highest BCUT2D eigenvalue weighted by Crippen LogP contribution is 2.17. The lowest BCUT2D eigenvalue weighted by atomic mass is 10.2. The van der Waals surface area contributed by atoms with E-state index in [-0.39, 0.29) is 10.6 Å². The molecule has 172 valence electrons. The molecule has 0 spiro atoms. The molecule has 10 heteroatoms. The summed E-state index contributed by atoms with van der Waals surface area (Å²) in [7, 11) is -2.13. The summed E-state index contributed by atoms with van der Waals surface area (Å²) in [6.45, 7) is 0.636. The number of ether oxygens (including phenoxy) is 1. The summed E-state index contributed by atoms with van der Waals surface area (Å²) in [4.78, 5) is 17.0. The fourth-order valence-corrected chi connectivity index (χ4v) is 4.50. The van der Waals surface area contributed by atoms with Crippen molar-refractivity contribution in [1.29, 1.82) is 0 Å². The van der Waals surface area contributed by atoms with E-state index in [1.54, 1.807) is 36.2 Å². The Morgan fingerprint density at radius 2 is 1.76 bits per heavy atom. The predicted octanol–water partition coefficient (Wildman–Crippen LogP) is 3.38. The van der Waals surface area contributed by atoms with E-state index in [0.29, 0.717) is 24.5 Å². The van der Waals surface area contributed by atoms with E-state index in [9.17, 15) is 13.2 Å². The molecular weight excluding hydrogens is 442 g/mol. The first-order valence-electron chi connectivity index (χ1n) is 10.6. The van der Waals surface area contributed by atoms with Gasteiger partial charge in [0.1, 0.15) is 11.6 Å². The molecule has 2 heterocycles. The Labute approximate surface area is 192 Å². The lowest BCUT2D eigenvalue weighted by molar-refractivity contribution is 0.102. The number of carbonyl (C=O) groups excluding carboxylic acids is 1. The summed E-state index contributed by atoms with van der Waals surface area (Å²) in [6, 6.07) is 14.9. The van der Waals surface area contributed by atoms with Crippen LogP contribution in [0.25, 0.3) is 5.69 Å². The van der Waals surface area contributed by atoms with E-state index in [2.05, 4.69) is 20.1 Å². The Morgan fingerprint density at radius 1 is 1.00 bits per heavy atom. The van der Waals surface area contributed by atoms with Crippen molar-refractivity contribution in [2.24, 2.45) is 4.99 Å². The Morgan fingerprint density at radius 3 is 2.48 bits per heavy atom. The highest BCUT2D eigenvalue weighted by Gasteiger charge is 2.18.